The van der Waals surface area contributed by atoms with Gasteiger partial charge in [0.15, 0.2) is 5.82 Å². The van der Waals surface area contributed by atoms with Crippen molar-refractivity contribution in [3.63, 3.8) is 0 Å². The highest BCUT2D eigenvalue weighted by Crippen LogP contribution is 2.22. The Balaban J connectivity index is 1.86. The van der Waals surface area contributed by atoms with Gasteiger partial charge in [-0.15, -0.1) is 0 Å². The van der Waals surface area contributed by atoms with Crippen LogP contribution in [0.3, 0.4) is 0 Å². The number of amides is 1. The van der Waals surface area contributed by atoms with Gasteiger partial charge in [0.05, 0.1) is 11.6 Å². The largest absolute Gasteiger partial charge is 0.464 e. The number of nitrogens with zero attached hydrogens (tertiary/aromatic N) is 2. The SMILES string of the molecule is Cc1cc(-n2c(C)cc(C(=O)NC(C)c3ccc(C)o3)c2C)no1. The Bertz CT molecular complexity index is 885. The van der Waals surface area contributed by atoms with Crippen LogP contribution in [0.4, 0.5) is 0 Å². The number of carbonyl (C=O) groups excluding carboxylic acids is 1. The van der Waals surface area contributed by atoms with Crippen LogP contribution in [0.5, 0.6) is 0 Å². The van der Waals surface area contributed by atoms with Crippen LogP contribution in [-0.2, 0) is 0 Å². The van der Waals surface area contributed by atoms with Crippen molar-refractivity contribution in [1.29, 1.82) is 0 Å². The fourth-order valence-electron chi connectivity index (χ4n) is 2.84. The van der Waals surface area contributed by atoms with E-state index in [1.807, 2.05) is 63.5 Å². The molecule has 0 spiro atoms. The van der Waals surface area contributed by atoms with Crippen molar-refractivity contribution in [2.45, 2.75) is 40.7 Å². The van der Waals surface area contributed by atoms with E-state index in [1.165, 1.54) is 0 Å². The van der Waals surface area contributed by atoms with Gasteiger partial charge in [-0.1, -0.05) is 5.16 Å². The second kappa shape index (κ2) is 6.03. The molecule has 3 aromatic rings. The van der Waals surface area contributed by atoms with Gasteiger partial charge >= 0.3 is 0 Å². The third-order valence-corrected chi connectivity index (χ3v) is 4.06. The molecular formula is C18H21N3O3. The first-order chi connectivity index (χ1) is 11.4. The van der Waals surface area contributed by atoms with Gasteiger partial charge in [0.2, 0.25) is 0 Å². The highest BCUT2D eigenvalue weighted by atomic mass is 16.5. The van der Waals surface area contributed by atoms with Gasteiger partial charge in [-0.05, 0) is 52.8 Å². The van der Waals surface area contributed by atoms with E-state index in [-0.39, 0.29) is 11.9 Å². The Morgan fingerprint density at radius 1 is 1.17 bits per heavy atom. The maximum absolute atomic E-state index is 12.6. The number of aromatic nitrogens is 2. The van der Waals surface area contributed by atoms with Crippen molar-refractivity contribution in [1.82, 2.24) is 15.0 Å². The molecule has 0 fully saturated rings. The molecule has 0 aliphatic heterocycles. The molecule has 1 unspecified atom stereocenters. The van der Waals surface area contributed by atoms with Crippen molar-refractivity contribution < 1.29 is 13.7 Å². The first-order valence-corrected chi connectivity index (χ1v) is 7.86. The molecule has 0 aliphatic carbocycles. The zero-order valence-corrected chi connectivity index (χ0v) is 14.5. The van der Waals surface area contributed by atoms with E-state index >= 15 is 0 Å². The first-order valence-electron chi connectivity index (χ1n) is 7.86. The van der Waals surface area contributed by atoms with Gasteiger partial charge in [-0.25, -0.2) is 0 Å². The standard InChI is InChI=1S/C18H21N3O3/c1-10-8-15(14(5)21(10)17-9-12(3)24-20-17)18(22)19-13(4)16-7-6-11(2)23-16/h6-9,13H,1-5H3,(H,19,22). The Hall–Kier alpha value is -2.76. The van der Waals surface area contributed by atoms with Crippen molar-refractivity contribution in [3.05, 3.63) is 58.5 Å². The molecule has 6 heteroatoms. The highest BCUT2D eigenvalue weighted by molar-refractivity contribution is 5.96. The van der Waals surface area contributed by atoms with E-state index in [0.29, 0.717) is 11.4 Å². The van der Waals surface area contributed by atoms with Crippen LogP contribution < -0.4 is 5.32 Å². The van der Waals surface area contributed by atoms with Crippen molar-refractivity contribution >= 4 is 5.91 Å². The summed E-state index contributed by atoms with van der Waals surface area (Å²) < 4.78 is 12.6. The maximum atomic E-state index is 12.6. The predicted octanol–water partition coefficient (Wildman–Crippen LogP) is 3.78. The summed E-state index contributed by atoms with van der Waals surface area (Å²) in [4.78, 5) is 12.6. The monoisotopic (exact) mass is 327 g/mol. The third kappa shape index (κ3) is 2.87. The van der Waals surface area contributed by atoms with Crippen LogP contribution >= 0.6 is 0 Å². The number of furan rings is 1. The maximum Gasteiger partial charge on any atom is 0.253 e. The molecule has 3 aromatic heterocycles. The van der Waals surface area contributed by atoms with Gasteiger partial charge in [0.25, 0.3) is 5.91 Å². The Morgan fingerprint density at radius 2 is 1.92 bits per heavy atom. The minimum absolute atomic E-state index is 0.142. The molecular weight excluding hydrogens is 306 g/mol. The fourth-order valence-corrected chi connectivity index (χ4v) is 2.84. The molecule has 0 saturated carbocycles. The number of carbonyl (C=O) groups is 1. The summed E-state index contributed by atoms with van der Waals surface area (Å²) in [5.74, 6) is 2.82. The average Bonchev–Trinajstić information content (AvgIpc) is 3.19. The molecule has 0 saturated heterocycles. The second-order valence-electron chi connectivity index (χ2n) is 6.06. The topological polar surface area (TPSA) is 73.2 Å². The lowest BCUT2D eigenvalue weighted by molar-refractivity contribution is 0.0934. The summed E-state index contributed by atoms with van der Waals surface area (Å²) in [6.45, 7) is 9.45. The smallest absolute Gasteiger partial charge is 0.253 e. The van der Waals surface area contributed by atoms with Crippen LogP contribution in [-0.4, -0.2) is 15.6 Å². The van der Waals surface area contributed by atoms with Gasteiger partial charge < -0.3 is 14.3 Å². The molecule has 3 heterocycles. The number of hydrogen-bond acceptors (Lipinski definition) is 4. The molecule has 0 aromatic carbocycles. The van der Waals surface area contributed by atoms with Crippen molar-refractivity contribution in [3.8, 4) is 5.82 Å². The summed E-state index contributed by atoms with van der Waals surface area (Å²) >= 11 is 0. The van der Waals surface area contributed by atoms with E-state index in [9.17, 15) is 4.79 Å². The van der Waals surface area contributed by atoms with E-state index in [0.717, 1.165) is 28.7 Å². The minimum Gasteiger partial charge on any atom is -0.464 e. The summed E-state index contributed by atoms with van der Waals surface area (Å²) in [7, 11) is 0. The number of rotatable bonds is 4. The van der Waals surface area contributed by atoms with Gasteiger partial charge in [-0.3, -0.25) is 9.36 Å². The third-order valence-electron chi connectivity index (χ3n) is 4.06. The first kappa shape index (κ1) is 16.1. The molecule has 24 heavy (non-hydrogen) atoms. The Labute approximate surface area is 140 Å². The van der Waals surface area contributed by atoms with Gasteiger partial charge in [0, 0.05) is 17.5 Å². The van der Waals surface area contributed by atoms with Crippen LogP contribution in [0.2, 0.25) is 0 Å². The number of hydrogen-bond donors (Lipinski definition) is 1. The second-order valence-corrected chi connectivity index (χ2v) is 6.06. The summed E-state index contributed by atoms with van der Waals surface area (Å²) in [6.07, 6.45) is 0. The summed E-state index contributed by atoms with van der Waals surface area (Å²) in [5, 5.41) is 7.01. The molecule has 126 valence electrons. The molecule has 0 radical (unpaired) electrons. The van der Waals surface area contributed by atoms with E-state index < -0.39 is 0 Å². The van der Waals surface area contributed by atoms with Crippen LogP contribution in [0.25, 0.3) is 5.82 Å². The number of nitrogens with one attached hydrogen (secondary N) is 1. The normalized spacial score (nSPS) is 12.4. The lowest BCUT2D eigenvalue weighted by atomic mass is 10.2. The quantitative estimate of drug-likeness (QED) is 0.791. The van der Waals surface area contributed by atoms with Crippen molar-refractivity contribution in [2.24, 2.45) is 0 Å². The fraction of sp³-hybridized carbons (Fsp3) is 0.333. The molecule has 0 bridgehead atoms. The predicted molar refractivity (Wildman–Crippen MR) is 89.4 cm³/mol. The molecule has 1 atom stereocenters. The lowest BCUT2D eigenvalue weighted by Crippen LogP contribution is -2.26. The zero-order valence-electron chi connectivity index (χ0n) is 14.5. The Morgan fingerprint density at radius 3 is 2.50 bits per heavy atom. The minimum atomic E-state index is -0.205. The highest BCUT2D eigenvalue weighted by Gasteiger charge is 2.20. The van der Waals surface area contributed by atoms with Gasteiger partial charge in [-0.2, -0.15) is 0 Å². The van der Waals surface area contributed by atoms with Crippen molar-refractivity contribution in [2.75, 3.05) is 0 Å². The van der Waals surface area contributed by atoms with Gasteiger partial charge in [0.1, 0.15) is 17.3 Å². The van der Waals surface area contributed by atoms with E-state index in [1.54, 1.807) is 0 Å². The summed E-state index contributed by atoms with van der Waals surface area (Å²) in [6, 6.07) is 7.26. The van der Waals surface area contributed by atoms with Crippen LogP contribution in [0.1, 0.15) is 52.0 Å². The van der Waals surface area contributed by atoms with Crippen LogP contribution in [0.15, 0.2) is 33.2 Å². The molecule has 0 aliphatic rings. The Kier molecular flexibility index (Phi) is 4.05. The molecule has 6 nitrogen and oxygen atoms in total. The molecule has 1 amide bonds. The molecule has 1 N–H and O–H groups in total. The van der Waals surface area contributed by atoms with Crippen LogP contribution in [0, 0.1) is 27.7 Å². The van der Waals surface area contributed by atoms with E-state index in [4.69, 9.17) is 8.94 Å². The number of aryl methyl sites for hydroxylation is 3. The van der Waals surface area contributed by atoms with E-state index in [2.05, 4.69) is 10.5 Å². The summed E-state index contributed by atoms with van der Waals surface area (Å²) in [5.41, 5.74) is 2.36. The average molecular weight is 327 g/mol. The zero-order chi connectivity index (χ0) is 17.4. The lowest BCUT2D eigenvalue weighted by Gasteiger charge is -2.11. The molecule has 3 rings (SSSR count).